The normalized spacial score (nSPS) is 20.2. The average Bonchev–Trinajstić information content (AvgIpc) is 2.64. The van der Waals surface area contributed by atoms with Crippen LogP contribution in [0, 0.1) is 13.8 Å². The molecule has 3 rings (SSSR count). The van der Waals surface area contributed by atoms with E-state index in [0.717, 1.165) is 27.2 Å². The van der Waals surface area contributed by atoms with Gasteiger partial charge >= 0.3 is 0 Å². The molecular weight excluding hydrogens is 396 g/mol. The van der Waals surface area contributed by atoms with E-state index in [9.17, 15) is 0 Å². The summed E-state index contributed by atoms with van der Waals surface area (Å²) >= 11 is 7.10. The molecule has 1 aliphatic rings. The van der Waals surface area contributed by atoms with Gasteiger partial charge in [-0.1, -0.05) is 59.4 Å². The molecule has 0 bridgehead atoms. The lowest BCUT2D eigenvalue weighted by Gasteiger charge is -2.37. The van der Waals surface area contributed by atoms with E-state index >= 15 is 0 Å². The Hall–Kier alpha value is -2.11. The first kappa shape index (κ1) is 21.6. The minimum absolute atomic E-state index is 0.220. The Bertz CT molecular complexity index is 963. The van der Waals surface area contributed by atoms with Crippen molar-refractivity contribution in [2.24, 2.45) is 4.99 Å². The molecule has 0 amide bonds. The Morgan fingerprint density at radius 2 is 1.86 bits per heavy atom. The van der Waals surface area contributed by atoms with Crippen molar-refractivity contribution in [3.63, 3.8) is 0 Å². The van der Waals surface area contributed by atoms with Gasteiger partial charge in [-0.25, -0.2) is 4.99 Å². The zero-order valence-electron chi connectivity index (χ0n) is 17.7. The fourth-order valence-electron chi connectivity index (χ4n) is 3.38. The van der Waals surface area contributed by atoms with Gasteiger partial charge in [0.2, 0.25) is 0 Å². The third kappa shape index (κ3) is 5.49. The monoisotopic (exact) mass is 424 g/mol. The number of benzene rings is 2. The van der Waals surface area contributed by atoms with E-state index < -0.39 is 0 Å². The van der Waals surface area contributed by atoms with E-state index in [1.807, 2.05) is 32.1 Å². The first-order chi connectivity index (χ1) is 13.8. The molecule has 1 atom stereocenters. The van der Waals surface area contributed by atoms with E-state index in [2.05, 4.69) is 56.4 Å². The number of nitrogens with one attached hydrogen (secondary N) is 1. The number of rotatable bonds is 5. The van der Waals surface area contributed by atoms with Crippen molar-refractivity contribution in [3.05, 3.63) is 70.3 Å². The number of allylic oxidation sites excluding steroid dienone is 1. The van der Waals surface area contributed by atoms with Crippen LogP contribution in [0.25, 0.3) is 0 Å². The molecule has 0 fully saturated rings. The summed E-state index contributed by atoms with van der Waals surface area (Å²) in [5, 5.41) is 4.59. The molecule has 1 heterocycles. The van der Waals surface area contributed by atoms with Gasteiger partial charge in [0.1, 0.15) is 0 Å². The summed E-state index contributed by atoms with van der Waals surface area (Å²) in [6.07, 6.45) is 2.71. The van der Waals surface area contributed by atoms with Gasteiger partial charge in [0.15, 0.2) is 5.90 Å². The second-order valence-electron chi connectivity index (χ2n) is 7.58. The molecule has 3 nitrogen and oxygen atoms in total. The van der Waals surface area contributed by atoms with E-state index in [0.29, 0.717) is 13.0 Å². The first-order valence-electron chi connectivity index (χ1n) is 9.85. The van der Waals surface area contributed by atoms with Crippen LogP contribution in [0.1, 0.15) is 43.9 Å². The zero-order valence-corrected chi connectivity index (χ0v) is 19.3. The van der Waals surface area contributed by atoms with E-state index in [4.69, 9.17) is 21.9 Å². The summed E-state index contributed by atoms with van der Waals surface area (Å²) in [6, 6.07) is 14.7. The van der Waals surface area contributed by atoms with Crippen LogP contribution in [0.4, 0.5) is 11.4 Å². The molecule has 0 aliphatic carbocycles. The second kappa shape index (κ2) is 9.14. The molecule has 29 heavy (non-hydrogen) atoms. The summed E-state index contributed by atoms with van der Waals surface area (Å²) in [4.78, 5) is 5.68. The molecular formula is C24H28N2OS2. The predicted octanol–water partition coefficient (Wildman–Crippen LogP) is 7.07. The number of hydrogen-bond donors (Lipinski definition) is 1. The fraction of sp³-hybridized carbons (Fsp3) is 0.333. The van der Waals surface area contributed by atoms with Gasteiger partial charge in [0.05, 0.1) is 22.1 Å². The third-order valence-electron chi connectivity index (χ3n) is 4.76. The Labute approximate surface area is 183 Å². The number of nitrogens with zero attached hydrogens (tertiary/aromatic N) is 1. The smallest absolute Gasteiger partial charge is 0.190 e. The van der Waals surface area contributed by atoms with Crippen LogP contribution in [0.15, 0.2) is 58.6 Å². The van der Waals surface area contributed by atoms with Gasteiger partial charge in [-0.3, -0.25) is 0 Å². The fourth-order valence-corrected chi connectivity index (χ4v) is 4.93. The molecule has 0 saturated heterocycles. The standard InChI is InChI=1S/C24H28N2OS2/c1-6-27-22(25-19-10-7-16(2)8-11-19)15-24(5)20-13-17(3)9-12-21(20)26-23(29-24)14-18(4)28/h7-14,26H,6,15H2,1-5H3/b23-14-,25-22?. The van der Waals surface area contributed by atoms with Crippen molar-refractivity contribution in [1.82, 2.24) is 0 Å². The topological polar surface area (TPSA) is 33.6 Å². The molecule has 1 unspecified atom stereocenters. The highest BCUT2D eigenvalue weighted by molar-refractivity contribution is 8.04. The first-order valence-corrected chi connectivity index (χ1v) is 11.1. The lowest BCUT2D eigenvalue weighted by Crippen LogP contribution is -2.29. The maximum atomic E-state index is 5.98. The van der Waals surface area contributed by atoms with Gasteiger partial charge < -0.3 is 10.1 Å². The number of thiocarbonyl (C=S) groups is 1. The van der Waals surface area contributed by atoms with Crippen LogP contribution in [-0.2, 0) is 9.48 Å². The van der Waals surface area contributed by atoms with Crippen molar-refractivity contribution >= 4 is 46.1 Å². The Kier molecular flexibility index (Phi) is 6.81. The predicted molar refractivity (Wildman–Crippen MR) is 131 cm³/mol. The van der Waals surface area contributed by atoms with Crippen molar-refractivity contribution in [3.8, 4) is 0 Å². The number of fused-ring (bicyclic) bond motifs is 1. The summed E-state index contributed by atoms with van der Waals surface area (Å²) in [7, 11) is 0. The molecule has 5 heteroatoms. The maximum Gasteiger partial charge on any atom is 0.190 e. The van der Waals surface area contributed by atoms with Gasteiger partial charge in [-0.05, 0) is 64.5 Å². The summed E-state index contributed by atoms with van der Waals surface area (Å²) in [5.74, 6) is 0.749. The molecule has 1 aliphatic heterocycles. The van der Waals surface area contributed by atoms with Crippen molar-refractivity contribution in [2.45, 2.75) is 45.8 Å². The molecule has 2 aromatic rings. The van der Waals surface area contributed by atoms with E-state index in [1.54, 1.807) is 11.8 Å². The average molecular weight is 425 g/mol. The number of hydrogen-bond acceptors (Lipinski definition) is 5. The number of aryl methyl sites for hydroxylation is 2. The van der Waals surface area contributed by atoms with Crippen molar-refractivity contribution < 1.29 is 4.74 Å². The van der Waals surface area contributed by atoms with Crippen LogP contribution < -0.4 is 5.32 Å². The lowest BCUT2D eigenvalue weighted by atomic mass is 9.92. The highest BCUT2D eigenvalue weighted by atomic mass is 32.2. The maximum absolute atomic E-state index is 5.98. The second-order valence-corrected chi connectivity index (χ2v) is 9.77. The summed E-state index contributed by atoms with van der Waals surface area (Å²) in [6.45, 7) is 11.0. The van der Waals surface area contributed by atoms with Gasteiger partial charge in [-0.15, -0.1) is 0 Å². The number of aliphatic imine (C=N–C) groups is 1. The minimum atomic E-state index is -0.220. The zero-order chi connectivity index (χ0) is 21.0. The minimum Gasteiger partial charge on any atom is -0.481 e. The summed E-state index contributed by atoms with van der Waals surface area (Å²) < 4.78 is 5.76. The SMILES string of the molecule is CCOC(CC1(C)S/C(=C\C(C)=S)Nc2ccc(C)cc21)=Nc1ccc(C)cc1. The van der Waals surface area contributed by atoms with E-state index in [-0.39, 0.29) is 4.75 Å². The van der Waals surface area contributed by atoms with Crippen LogP contribution in [-0.4, -0.2) is 17.4 Å². The quantitative estimate of drug-likeness (QED) is 0.241. The van der Waals surface area contributed by atoms with Crippen LogP contribution >= 0.6 is 24.0 Å². The highest BCUT2D eigenvalue weighted by Gasteiger charge is 2.37. The Balaban J connectivity index is 2.02. The Morgan fingerprint density at radius 3 is 2.52 bits per heavy atom. The molecule has 0 aromatic heterocycles. The van der Waals surface area contributed by atoms with Gasteiger partial charge in [-0.2, -0.15) is 0 Å². The highest BCUT2D eigenvalue weighted by Crippen LogP contribution is 2.51. The molecule has 1 N–H and O–H groups in total. The number of ether oxygens (including phenoxy) is 1. The van der Waals surface area contributed by atoms with Crippen molar-refractivity contribution in [1.29, 1.82) is 0 Å². The summed E-state index contributed by atoms with van der Waals surface area (Å²) in [5.41, 5.74) is 5.75. The van der Waals surface area contributed by atoms with Crippen LogP contribution in [0.2, 0.25) is 0 Å². The number of anilines is 1. The molecule has 0 spiro atoms. The largest absolute Gasteiger partial charge is 0.481 e. The molecule has 0 saturated carbocycles. The third-order valence-corrected chi connectivity index (χ3v) is 6.13. The molecule has 152 valence electrons. The lowest BCUT2D eigenvalue weighted by molar-refractivity contribution is 0.313. The van der Waals surface area contributed by atoms with Crippen molar-refractivity contribution in [2.75, 3.05) is 11.9 Å². The molecule has 2 aromatic carbocycles. The number of thioether (sulfide) groups is 1. The van der Waals surface area contributed by atoms with Crippen LogP contribution in [0.5, 0.6) is 0 Å². The van der Waals surface area contributed by atoms with Crippen LogP contribution in [0.3, 0.4) is 0 Å². The van der Waals surface area contributed by atoms with Gasteiger partial charge in [0.25, 0.3) is 0 Å². The van der Waals surface area contributed by atoms with E-state index in [1.165, 1.54) is 16.7 Å². The van der Waals surface area contributed by atoms with Gasteiger partial charge in [0, 0.05) is 17.0 Å². The molecule has 0 radical (unpaired) electrons. The Morgan fingerprint density at radius 1 is 1.17 bits per heavy atom.